The maximum Gasteiger partial charge on any atom is 0.0716 e. The van der Waals surface area contributed by atoms with Crippen LogP contribution in [0.2, 0.25) is 0 Å². The molecule has 0 saturated carbocycles. The maximum atomic E-state index is 2.52. The van der Waals surface area contributed by atoms with Crippen molar-refractivity contribution in [3.8, 4) is 32.7 Å². The molecule has 0 aliphatic heterocycles. The second-order valence-electron chi connectivity index (χ2n) is 12.9. The third-order valence-corrected chi connectivity index (χ3v) is 11.3. The van der Waals surface area contributed by atoms with Gasteiger partial charge in [-0.25, -0.2) is 0 Å². The Bertz CT molecular complexity index is 2210. The first-order valence-corrected chi connectivity index (χ1v) is 16.3. The van der Waals surface area contributed by atoms with E-state index in [1.165, 1.54) is 81.7 Å². The van der Waals surface area contributed by atoms with Gasteiger partial charge in [0.15, 0.2) is 0 Å². The van der Waals surface area contributed by atoms with Crippen molar-refractivity contribution in [3.63, 3.8) is 0 Å². The number of aryl methyl sites for hydroxylation is 1. The third kappa shape index (κ3) is 3.23. The van der Waals surface area contributed by atoms with Gasteiger partial charge >= 0.3 is 0 Å². The van der Waals surface area contributed by atoms with Crippen LogP contribution in [-0.2, 0) is 10.8 Å². The highest BCUT2D eigenvalue weighted by Crippen LogP contribution is 2.63. The van der Waals surface area contributed by atoms with Crippen molar-refractivity contribution in [2.75, 3.05) is 0 Å². The van der Waals surface area contributed by atoms with Gasteiger partial charge in [-0.1, -0.05) is 135 Å². The van der Waals surface area contributed by atoms with E-state index in [1.54, 1.807) is 0 Å². The van der Waals surface area contributed by atoms with Gasteiger partial charge in [-0.05, 0) is 97.1 Å². The number of rotatable bonds is 3. The van der Waals surface area contributed by atoms with Crippen LogP contribution in [0.4, 0.5) is 0 Å². The zero-order chi connectivity index (χ0) is 29.6. The highest BCUT2D eigenvalue weighted by atomic mass is 32.1. The molecule has 0 radical (unpaired) electrons. The Labute approximate surface area is 263 Å². The lowest BCUT2D eigenvalue weighted by Crippen LogP contribution is -2.32. The normalized spacial score (nSPS) is 15.1. The first-order chi connectivity index (χ1) is 21.5. The summed E-state index contributed by atoms with van der Waals surface area (Å²) in [6.45, 7) is 7.12. The molecule has 0 amide bonds. The Morgan fingerprint density at radius 2 is 1.09 bits per heavy atom. The molecule has 7 aromatic rings. The predicted molar refractivity (Wildman–Crippen MR) is 187 cm³/mol. The van der Waals surface area contributed by atoms with Gasteiger partial charge in [-0.3, -0.25) is 0 Å². The third-order valence-electron chi connectivity index (χ3n) is 10.2. The van der Waals surface area contributed by atoms with Crippen molar-refractivity contribution in [1.82, 2.24) is 0 Å². The van der Waals surface area contributed by atoms with Gasteiger partial charge in [0.05, 0.1) is 5.41 Å². The lowest BCUT2D eigenvalue weighted by atomic mass is 9.64. The van der Waals surface area contributed by atoms with Crippen LogP contribution in [0.15, 0.2) is 140 Å². The molecule has 0 bridgehead atoms. The minimum atomic E-state index is -0.428. The zero-order valence-corrected chi connectivity index (χ0v) is 26.0. The molecular weight excluding hydrogens is 549 g/mol. The van der Waals surface area contributed by atoms with Crippen molar-refractivity contribution in [3.05, 3.63) is 178 Å². The number of benzene rings is 6. The molecule has 44 heavy (non-hydrogen) atoms. The zero-order valence-electron chi connectivity index (χ0n) is 25.2. The summed E-state index contributed by atoms with van der Waals surface area (Å²) in [4.78, 5) is 2.69. The van der Waals surface area contributed by atoms with Crippen LogP contribution >= 0.6 is 11.3 Å². The quantitative estimate of drug-likeness (QED) is 0.195. The lowest BCUT2D eigenvalue weighted by molar-refractivity contribution is 0.634. The van der Waals surface area contributed by atoms with Crippen LogP contribution in [0, 0.1) is 6.92 Å². The van der Waals surface area contributed by atoms with Crippen LogP contribution in [-0.4, -0.2) is 0 Å². The van der Waals surface area contributed by atoms with Crippen molar-refractivity contribution < 1.29 is 0 Å². The Hall–Kier alpha value is -4.72. The average Bonchev–Trinajstić information content (AvgIpc) is 3.70. The monoisotopic (exact) mass is 580 g/mol. The van der Waals surface area contributed by atoms with Gasteiger partial charge in [0.25, 0.3) is 0 Å². The summed E-state index contributed by atoms with van der Waals surface area (Å²) in [5, 5.41) is 2.68. The van der Waals surface area contributed by atoms with Gasteiger partial charge < -0.3 is 0 Å². The van der Waals surface area contributed by atoms with Crippen LogP contribution in [0.3, 0.4) is 0 Å². The average molecular weight is 581 g/mol. The van der Waals surface area contributed by atoms with Crippen molar-refractivity contribution >= 4 is 22.1 Å². The summed E-state index contributed by atoms with van der Waals surface area (Å²) < 4.78 is 0. The molecular formula is C43H32S. The molecule has 9 rings (SSSR count). The molecule has 0 saturated heterocycles. The van der Waals surface area contributed by atoms with E-state index >= 15 is 0 Å². The number of fused-ring (bicyclic) bond motifs is 9. The van der Waals surface area contributed by atoms with E-state index in [-0.39, 0.29) is 5.41 Å². The number of thiophene rings is 1. The summed E-state index contributed by atoms with van der Waals surface area (Å²) in [5.41, 5.74) is 14.5. The van der Waals surface area contributed by atoms with Crippen LogP contribution in [0.25, 0.3) is 43.5 Å². The molecule has 0 unspecified atom stereocenters. The molecule has 1 heterocycles. The van der Waals surface area contributed by atoms with Gasteiger partial charge in [0.1, 0.15) is 0 Å². The van der Waals surface area contributed by atoms with E-state index in [0.717, 1.165) is 0 Å². The van der Waals surface area contributed by atoms with Crippen molar-refractivity contribution in [1.29, 1.82) is 0 Å². The van der Waals surface area contributed by atoms with Gasteiger partial charge in [0, 0.05) is 15.2 Å². The van der Waals surface area contributed by atoms with E-state index < -0.39 is 5.41 Å². The van der Waals surface area contributed by atoms with E-state index in [0.29, 0.717) is 0 Å². The van der Waals surface area contributed by atoms with E-state index in [1.807, 2.05) is 11.3 Å². The first-order valence-electron chi connectivity index (χ1n) is 15.5. The molecule has 0 nitrogen and oxygen atoms in total. The Morgan fingerprint density at radius 3 is 1.77 bits per heavy atom. The fraction of sp³-hybridized carbons (Fsp3) is 0.116. The van der Waals surface area contributed by atoms with E-state index in [9.17, 15) is 0 Å². The van der Waals surface area contributed by atoms with Crippen molar-refractivity contribution in [2.45, 2.75) is 31.6 Å². The number of hydrogen-bond acceptors (Lipinski definition) is 1. The smallest absolute Gasteiger partial charge is 0.0716 e. The fourth-order valence-electron chi connectivity index (χ4n) is 8.47. The number of hydrogen-bond donors (Lipinski definition) is 0. The maximum absolute atomic E-state index is 2.52. The van der Waals surface area contributed by atoms with Crippen LogP contribution in [0.5, 0.6) is 0 Å². The molecule has 0 spiro atoms. The Balaban J connectivity index is 1.45. The second-order valence-corrected chi connectivity index (χ2v) is 14.2. The molecule has 0 N–H and O–H groups in total. The lowest BCUT2D eigenvalue weighted by Gasteiger charge is -2.37. The van der Waals surface area contributed by atoms with Gasteiger partial charge in [-0.15, -0.1) is 11.3 Å². The molecule has 1 heteroatoms. The summed E-state index contributed by atoms with van der Waals surface area (Å²) >= 11 is 1.89. The molecule has 6 aromatic carbocycles. The highest BCUT2D eigenvalue weighted by molar-refractivity contribution is 7.15. The summed E-state index contributed by atoms with van der Waals surface area (Å²) in [6.07, 6.45) is 0. The summed E-state index contributed by atoms with van der Waals surface area (Å²) in [6, 6.07) is 52.5. The largest absolute Gasteiger partial charge is 0.141 e. The summed E-state index contributed by atoms with van der Waals surface area (Å²) in [7, 11) is 0. The summed E-state index contributed by atoms with van der Waals surface area (Å²) in [5.74, 6) is 0. The van der Waals surface area contributed by atoms with Gasteiger partial charge in [0.2, 0.25) is 0 Å². The van der Waals surface area contributed by atoms with Crippen LogP contribution in [0.1, 0.15) is 52.1 Å². The molecule has 2 aliphatic carbocycles. The van der Waals surface area contributed by atoms with E-state index in [4.69, 9.17) is 0 Å². The van der Waals surface area contributed by atoms with E-state index in [2.05, 4.69) is 160 Å². The fourth-order valence-corrected chi connectivity index (χ4v) is 9.37. The predicted octanol–water partition coefficient (Wildman–Crippen LogP) is 11.5. The first kappa shape index (κ1) is 25.7. The molecule has 1 aromatic heterocycles. The SMILES string of the molecule is Cc1ccc(-c2cc3c(c4ccccc24)-c2ccc4c(c2C3(C)C)C(c2ccccc2)(c2ccccc2)c2ccccc2-4)s1. The van der Waals surface area contributed by atoms with Crippen LogP contribution < -0.4 is 0 Å². The standard InChI is InChI=1S/C43H32S/c1-27-22-25-38(44-27)35-26-37-39(32-20-11-10-18-30(32)35)34-24-23-33-31-19-12-13-21-36(31)43(28-14-6-4-7-15-28,29-16-8-5-9-17-29)41(33)40(34)42(37,2)3/h4-26H,1-3H3. The highest BCUT2D eigenvalue weighted by Gasteiger charge is 2.52. The molecule has 210 valence electrons. The topological polar surface area (TPSA) is 0 Å². The van der Waals surface area contributed by atoms with Gasteiger partial charge in [-0.2, -0.15) is 0 Å². The molecule has 0 atom stereocenters. The molecule has 2 aliphatic rings. The Kier molecular flexibility index (Phi) is 5.35. The second kappa shape index (κ2) is 9.14. The minimum absolute atomic E-state index is 0.210. The van der Waals surface area contributed by atoms with Crippen molar-refractivity contribution in [2.24, 2.45) is 0 Å². The minimum Gasteiger partial charge on any atom is -0.141 e. The molecule has 0 fully saturated rings. The Morgan fingerprint density at radius 1 is 0.477 bits per heavy atom.